The third-order valence-electron chi connectivity index (χ3n) is 4.51. The van der Waals surface area contributed by atoms with Crippen LogP contribution in [0.5, 0.6) is 0 Å². The van der Waals surface area contributed by atoms with Crippen LogP contribution in [0.4, 0.5) is 0 Å². The molecule has 4 rings (SSSR count). The fraction of sp³-hybridized carbons (Fsp3) is 0.353. The molecule has 1 fully saturated rings. The van der Waals surface area contributed by atoms with E-state index in [0.717, 1.165) is 31.8 Å². The first kappa shape index (κ1) is 14.4. The van der Waals surface area contributed by atoms with Crippen LogP contribution < -0.4 is 0 Å². The van der Waals surface area contributed by atoms with Gasteiger partial charge in [-0.15, -0.1) is 11.3 Å². The summed E-state index contributed by atoms with van der Waals surface area (Å²) in [5.41, 5.74) is 1.73. The molecule has 1 aliphatic rings. The standard InChI is InChI=1S/C17H18N4OS/c1-12-19-15(17-21(12)10-11-23-17)13-5-8-20(9-6-13)16(22)14-4-2-3-7-18-14/h2-4,7,10-11,13H,5-6,8-9H2,1H3. The second-order valence-electron chi connectivity index (χ2n) is 5.90. The van der Waals surface area contributed by atoms with Gasteiger partial charge in [0.05, 0.1) is 5.69 Å². The van der Waals surface area contributed by atoms with Gasteiger partial charge in [0.15, 0.2) is 0 Å². The van der Waals surface area contributed by atoms with Gasteiger partial charge in [0, 0.05) is 36.8 Å². The second kappa shape index (κ2) is 5.77. The smallest absolute Gasteiger partial charge is 0.272 e. The average molecular weight is 326 g/mol. The van der Waals surface area contributed by atoms with Crippen LogP contribution in [-0.4, -0.2) is 38.3 Å². The van der Waals surface area contributed by atoms with Crippen LogP contribution in [-0.2, 0) is 0 Å². The molecule has 0 aromatic carbocycles. The lowest BCUT2D eigenvalue weighted by Gasteiger charge is -2.31. The molecule has 6 heteroatoms. The zero-order valence-corrected chi connectivity index (χ0v) is 13.8. The van der Waals surface area contributed by atoms with Crippen LogP contribution in [0.2, 0.25) is 0 Å². The van der Waals surface area contributed by atoms with Gasteiger partial charge in [-0.3, -0.25) is 14.2 Å². The molecule has 0 spiro atoms. The highest BCUT2D eigenvalue weighted by atomic mass is 32.1. The van der Waals surface area contributed by atoms with Crippen LogP contribution in [0.3, 0.4) is 0 Å². The SMILES string of the molecule is Cc1nc(C2CCN(C(=O)c3ccccn3)CC2)c2sccn12. The molecule has 23 heavy (non-hydrogen) atoms. The number of pyridine rings is 1. The van der Waals surface area contributed by atoms with Gasteiger partial charge in [0.25, 0.3) is 5.91 Å². The molecule has 0 bridgehead atoms. The number of aromatic nitrogens is 3. The van der Waals surface area contributed by atoms with Crippen LogP contribution in [0.1, 0.15) is 40.8 Å². The van der Waals surface area contributed by atoms with Crippen molar-refractivity contribution in [1.82, 2.24) is 19.3 Å². The largest absolute Gasteiger partial charge is 0.337 e. The Balaban J connectivity index is 1.49. The fourth-order valence-electron chi connectivity index (χ4n) is 3.27. The highest BCUT2D eigenvalue weighted by Crippen LogP contribution is 2.33. The van der Waals surface area contributed by atoms with Crippen molar-refractivity contribution in [3.8, 4) is 0 Å². The van der Waals surface area contributed by atoms with Gasteiger partial charge >= 0.3 is 0 Å². The van der Waals surface area contributed by atoms with E-state index in [0.29, 0.717) is 11.6 Å². The number of hydrogen-bond acceptors (Lipinski definition) is 4. The van der Waals surface area contributed by atoms with Crippen molar-refractivity contribution < 1.29 is 4.79 Å². The van der Waals surface area contributed by atoms with E-state index in [1.54, 1.807) is 23.6 Å². The van der Waals surface area contributed by atoms with E-state index < -0.39 is 0 Å². The second-order valence-corrected chi connectivity index (χ2v) is 6.80. The number of rotatable bonds is 2. The van der Waals surface area contributed by atoms with Crippen LogP contribution in [0.25, 0.3) is 4.83 Å². The molecule has 5 nitrogen and oxygen atoms in total. The molecule has 0 aliphatic carbocycles. The number of imidazole rings is 1. The molecule has 3 aromatic rings. The van der Waals surface area contributed by atoms with Crippen molar-refractivity contribution >= 4 is 22.1 Å². The molecule has 118 valence electrons. The van der Waals surface area contributed by atoms with Crippen molar-refractivity contribution in [2.24, 2.45) is 0 Å². The molecule has 1 saturated heterocycles. The Morgan fingerprint density at radius 3 is 2.87 bits per heavy atom. The van der Waals surface area contributed by atoms with Gasteiger partial charge in [-0.1, -0.05) is 6.07 Å². The molecule has 0 atom stereocenters. The van der Waals surface area contributed by atoms with Crippen LogP contribution in [0.15, 0.2) is 36.0 Å². The van der Waals surface area contributed by atoms with Crippen molar-refractivity contribution in [2.75, 3.05) is 13.1 Å². The average Bonchev–Trinajstić information content (AvgIpc) is 3.20. The lowest BCUT2D eigenvalue weighted by molar-refractivity contribution is 0.0706. The Morgan fingerprint density at radius 2 is 2.13 bits per heavy atom. The quantitative estimate of drug-likeness (QED) is 0.727. The third-order valence-corrected chi connectivity index (χ3v) is 5.40. The lowest BCUT2D eigenvalue weighted by atomic mass is 9.94. The van der Waals surface area contributed by atoms with E-state index >= 15 is 0 Å². The monoisotopic (exact) mass is 326 g/mol. The molecule has 3 aromatic heterocycles. The normalized spacial score (nSPS) is 16.1. The van der Waals surface area contributed by atoms with Gasteiger partial charge < -0.3 is 4.90 Å². The first-order valence-corrected chi connectivity index (χ1v) is 8.74. The maximum atomic E-state index is 12.5. The number of fused-ring (bicyclic) bond motifs is 1. The Morgan fingerprint density at radius 1 is 1.30 bits per heavy atom. The van der Waals surface area contributed by atoms with Crippen molar-refractivity contribution in [1.29, 1.82) is 0 Å². The summed E-state index contributed by atoms with van der Waals surface area (Å²) in [5.74, 6) is 1.51. The van der Waals surface area contributed by atoms with Crippen molar-refractivity contribution in [2.45, 2.75) is 25.7 Å². The minimum absolute atomic E-state index is 0.0336. The number of hydrogen-bond donors (Lipinski definition) is 0. The number of aryl methyl sites for hydroxylation is 1. The highest BCUT2D eigenvalue weighted by molar-refractivity contribution is 7.15. The number of nitrogens with zero attached hydrogens (tertiary/aromatic N) is 4. The van der Waals surface area contributed by atoms with Gasteiger partial charge in [-0.25, -0.2) is 4.98 Å². The summed E-state index contributed by atoms with van der Waals surface area (Å²) in [5, 5.41) is 2.10. The Hall–Kier alpha value is -2.21. The van der Waals surface area contributed by atoms with Crippen molar-refractivity contribution in [3.63, 3.8) is 0 Å². The summed E-state index contributed by atoms with van der Waals surface area (Å²) in [7, 11) is 0. The number of carbonyl (C=O) groups is 1. The highest BCUT2D eigenvalue weighted by Gasteiger charge is 2.28. The number of thiazole rings is 1. The minimum atomic E-state index is 0.0336. The van der Waals surface area contributed by atoms with Crippen LogP contribution in [0, 0.1) is 6.92 Å². The first-order valence-electron chi connectivity index (χ1n) is 7.86. The van der Waals surface area contributed by atoms with E-state index in [9.17, 15) is 4.79 Å². The lowest BCUT2D eigenvalue weighted by Crippen LogP contribution is -2.38. The number of amides is 1. The molecular formula is C17H18N4OS. The van der Waals surface area contributed by atoms with E-state index in [4.69, 9.17) is 4.98 Å². The maximum Gasteiger partial charge on any atom is 0.272 e. The van der Waals surface area contributed by atoms with E-state index in [1.165, 1.54) is 10.5 Å². The zero-order valence-electron chi connectivity index (χ0n) is 13.0. The minimum Gasteiger partial charge on any atom is -0.337 e. The van der Waals surface area contributed by atoms with E-state index in [1.807, 2.05) is 24.0 Å². The molecule has 0 radical (unpaired) electrons. The third kappa shape index (κ3) is 2.53. The van der Waals surface area contributed by atoms with Gasteiger partial charge in [0.1, 0.15) is 16.3 Å². The first-order chi connectivity index (χ1) is 11.2. The van der Waals surface area contributed by atoms with Gasteiger partial charge in [-0.2, -0.15) is 0 Å². The summed E-state index contributed by atoms with van der Waals surface area (Å²) in [6.07, 6.45) is 5.66. The number of carbonyl (C=O) groups excluding carboxylic acids is 1. The Labute approximate surface area is 138 Å². The molecule has 0 N–H and O–H groups in total. The molecule has 0 saturated carbocycles. The molecular weight excluding hydrogens is 308 g/mol. The summed E-state index contributed by atoms with van der Waals surface area (Å²) in [6.45, 7) is 3.58. The summed E-state index contributed by atoms with van der Waals surface area (Å²) in [4.78, 5) is 24.5. The molecule has 1 amide bonds. The van der Waals surface area contributed by atoms with Gasteiger partial charge in [0.2, 0.25) is 0 Å². The summed E-state index contributed by atoms with van der Waals surface area (Å²) < 4.78 is 2.16. The number of piperidine rings is 1. The zero-order chi connectivity index (χ0) is 15.8. The van der Waals surface area contributed by atoms with Gasteiger partial charge in [-0.05, 0) is 31.9 Å². The fourth-order valence-corrected chi connectivity index (χ4v) is 4.22. The topological polar surface area (TPSA) is 50.5 Å². The summed E-state index contributed by atoms with van der Waals surface area (Å²) in [6, 6.07) is 5.47. The van der Waals surface area contributed by atoms with E-state index in [2.05, 4.69) is 21.0 Å². The van der Waals surface area contributed by atoms with E-state index in [-0.39, 0.29) is 5.91 Å². The predicted octanol–water partition coefficient (Wildman–Crippen LogP) is 3.12. The molecule has 1 aliphatic heterocycles. The maximum absolute atomic E-state index is 12.5. The predicted molar refractivity (Wildman–Crippen MR) is 89.9 cm³/mol. The van der Waals surface area contributed by atoms with Crippen LogP contribution >= 0.6 is 11.3 Å². The molecule has 4 heterocycles. The Bertz CT molecular complexity index is 831. The number of likely N-dealkylation sites (tertiary alicyclic amines) is 1. The summed E-state index contributed by atoms with van der Waals surface area (Å²) >= 11 is 1.74. The molecule has 0 unspecified atom stereocenters. The Kier molecular flexibility index (Phi) is 3.61. The van der Waals surface area contributed by atoms with Crippen molar-refractivity contribution in [3.05, 3.63) is 53.2 Å².